The average molecular weight is 298 g/mol. The Kier molecular flexibility index (Phi) is 9.61. The zero-order valence-electron chi connectivity index (χ0n) is 11.5. The standard InChI is InChI=1S/C9H24B2O3S3/c1-10-16(3,4)8-12-6-14-17(5,11-2)9-13-7-15/h15H,6-9H2,1-5H3. The van der Waals surface area contributed by atoms with Crippen molar-refractivity contribution in [2.75, 3.05) is 43.4 Å². The van der Waals surface area contributed by atoms with Gasteiger partial charge in [0.1, 0.15) is 0 Å². The van der Waals surface area contributed by atoms with E-state index in [4.69, 9.17) is 13.7 Å². The minimum Gasteiger partial charge on any atom is -0.361 e. The van der Waals surface area contributed by atoms with E-state index in [0.717, 1.165) is 5.94 Å². The van der Waals surface area contributed by atoms with Crippen LogP contribution in [0.2, 0.25) is 13.6 Å². The van der Waals surface area contributed by atoms with E-state index in [9.17, 15) is 0 Å². The summed E-state index contributed by atoms with van der Waals surface area (Å²) in [4.78, 5) is 0. The number of rotatable bonds is 10. The van der Waals surface area contributed by atoms with Gasteiger partial charge >= 0.3 is 0 Å². The Hall–Kier alpha value is 1.06. The lowest BCUT2D eigenvalue weighted by Gasteiger charge is -2.34. The lowest BCUT2D eigenvalue weighted by Crippen LogP contribution is -2.18. The molecule has 0 aromatic rings. The molecule has 0 aliphatic heterocycles. The summed E-state index contributed by atoms with van der Waals surface area (Å²) in [6.07, 6.45) is 6.49. The van der Waals surface area contributed by atoms with Crippen LogP contribution < -0.4 is 0 Å². The molecule has 8 heteroatoms. The van der Waals surface area contributed by atoms with E-state index in [1.165, 1.54) is 0 Å². The van der Waals surface area contributed by atoms with Crippen molar-refractivity contribution in [3.63, 3.8) is 0 Å². The lowest BCUT2D eigenvalue weighted by atomic mass is 10.2. The molecule has 0 bridgehead atoms. The summed E-state index contributed by atoms with van der Waals surface area (Å²) in [5.41, 5.74) is 0. The first kappa shape index (κ1) is 18.1. The molecule has 102 valence electrons. The minimum atomic E-state index is -1.29. The first-order chi connectivity index (χ1) is 7.89. The highest BCUT2D eigenvalue weighted by atomic mass is 32.3. The quantitative estimate of drug-likeness (QED) is 0.291. The maximum Gasteiger partial charge on any atom is 0.202 e. The topological polar surface area (TPSA) is 27.7 Å². The molecular weight excluding hydrogens is 274 g/mol. The second-order valence-electron chi connectivity index (χ2n) is 4.18. The molecule has 0 aromatic heterocycles. The van der Waals surface area contributed by atoms with E-state index in [1.54, 1.807) is 0 Å². The largest absolute Gasteiger partial charge is 0.361 e. The molecule has 0 amide bonds. The van der Waals surface area contributed by atoms with Crippen LogP contribution in [0.4, 0.5) is 0 Å². The predicted octanol–water partition coefficient (Wildman–Crippen LogP) is 2.54. The SMILES string of the molecule is C[B]S(C)(C)COCOS(C)([B]C)COCS. The number of hydrogen-bond acceptors (Lipinski definition) is 4. The maximum absolute atomic E-state index is 5.77. The van der Waals surface area contributed by atoms with Crippen molar-refractivity contribution >= 4 is 45.8 Å². The molecule has 17 heavy (non-hydrogen) atoms. The fraction of sp³-hybridized carbons (Fsp3) is 1.00. The van der Waals surface area contributed by atoms with Crippen molar-refractivity contribution in [2.24, 2.45) is 0 Å². The van der Waals surface area contributed by atoms with Crippen LogP contribution >= 0.6 is 32.7 Å². The van der Waals surface area contributed by atoms with Crippen LogP contribution in [-0.4, -0.2) is 56.5 Å². The Morgan fingerprint density at radius 3 is 2.12 bits per heavy atom. The summed E-state index contributed by atoms with van der Waals surface area (Å²) >= 11 is 4.02. The van der Waals surface area contributed by atoms with Gasteiger partial charge in [0, 0.05) is 0 Å². The molecule has 0 rings (SSSR count). The third kappa shape index (κ3) is 8.72. The second kappa shape index (κ2) is 9.04. The van der Waals surface area contributed by atoms with Crippen LogP contribution in [0.5, 0.6) is 0 Å². The molecule has 0 aliphatic rings. The monoisotopic (exact) mass is 298 g/mol. The van der Waals surface area contributed by atoms with Crippen molar-refractivity contribution in [1.82, 2.24) is 0 Å². The highest BCUT2D eigenvalue weighted by Gasteiger charge is 2.18. The fourth-order valence-corrected chi connectivity index (χ4v) is 2.72. The van der Waals surface area contributed by atoms with Crippen LogP contribution in [0.15, 0.2) is 0 Å². The third-order valence-electron chi connectivity index (χ3n) is 2.33. The zero-order chi connectivity index (χ0) is 13.4. The molecule has 0 saturated carbocycles. The average Bonchev–Trinajstić information content (AvgIpc) is 2.32. The Morgan fingerprint density at radius 1 is 1.00 bits per heavy atom. The lowest BCUT2D eigenvalue weighted by molar-refractivity contribution is 0.0509. The Balaban J connectivity index is 3.83. The summed E-state index contributed by atoms with van der Waals surface area (Å²) in [6.45, 7) is 8.68. The van der Waals surface area contributed by atoms with Gasteiger partial charge in [-0.15, -0.1) is 0 Å². The van der Waals surface area contributed by atoms with E-state index in [2.05, 4.69) is 51.3 Å². The van der Waals surface area contributed by atoms with Gasteiger partial charge in [0.25, 0.3) is 0 Å². The smallest absolute Gasteiger partial charge is 0.202 e. The van der Waals surface area contributed by atoms with E-state index in [0.29, 0.717) is 18.7 Å². The van der Waals surface area contributed by atoms with Crippen molar-refractivity contribution in [2.45, 2.75) is 13.6 Å². The molecular formula is C9H24B2O3S3. The Morgan fingerprint density at radius 2 is 1.65 bits per heavy atom. The zero-order valence-corrected chi connectivity index (χ0v) is 14.0. The first-order valence-corrected chi connectivity index (χ1v) is 10.9. The highest BCUT2D eigenvalue weighted by Crippen LogP contribution is 2.43. The molecule has 0 heterocycles. The normalized spacial score (nSPS) is 18.2. The maximum atomic E-state index is 5.77. The first-order valence-electron chi connectivity index (χ1n) is 5.35. The van der Waals surface area contributed by atoms with Crippen LogP contribution in [-0.2, 0) is 13.7 Å². The summed E-state index contributed by atoms with van der Waals surface area (Å²) in [5, 5.41) is 0. The summed E-state index contributed by atoms with van der Waals surface area (Å²) in [6, 6.07) is 0. The van der Waals surface area contributed by atoms with Crippen LogP contribution in [0, 0.1) is 0 Å². The molecule has 1 atom stereocenters. The Bertz CT molecular complexity index is 210. The number of thiol groups is 1. The van der Waals surface area contributed by atoms with Crippen molar-refractivity contribution < 1.29 is 13.7 Å². The summed E-state index contributed by atoms with van der Waals surface area (Å²) in [5.74, 6) is 1.74. The van der Waals surface area contributed by atoms with Gasteiger partial charge in [0.15, 0.2) is 13.4 Å². The van der Waals surface area contributed by atoms with Crippen LogP contribution in [0.1, 0.15) is 0 Å². The Labute approximate surface area is 116 Å². The molecule has 2 radical (unpaired) electrons. The molecule has 0 N–H and O–H groups in total. The van der Waals surface area contributed by atoms with E-state index < -0.39 is 20.0 Å². The minimum absolute atomic E-state index is 0.330. The van der Waals surface area contributed by atoms with Gasteiger partial charge in [0.2, 0.25) is 6.56 Å². The van der Waals surface area contributed by atoms with Crippen molar-refractivity contribution in [3.05, 3.63) is 0 Å². The highest BCUT2D eigenvalue weighted by molar-refractivity contribution is 8.51. The fourth-order valence-electron chi connectivity index (χ4n) is 0.834. The molecule has 0 aromatic carbocycles. The summed E-state index contributed by atoms with van der Waals surface area (Å²) < 4.78 is 16.6. The van der Waals surface area contributed by atoms with Crippen molar-refractivity contribution in [3.8, 4) is 0 Å². The van der Waals surface area contributed by atoms with Gasteiger partial charge < -0.3 is 13.7 Å². The molecule has 0 fully saturated rings. The molecule has 3 nitrogen and oxygen atoms in total. The van der Waals surface area contributed by atoms with Gasteiger partial charge in [-0.2, -0.15) is 22.8 Å². The van der Waals surface area contributed by atoms with Gasteiger partial charge in [-0.1, -0.05) is 13.6 Å². The molecule has 0 aliphatic carbocycles. The van der Waals surface area contributed by atoms with E-state index in [1.807, 2.05) is 6.82 Å². The molecule has 1 unspecified atom stereocenters. The van der Waals surface area contributed by atoms with E-state index in [-0.39, 0.29) is 0 Å². The molecule has 0 spiro atoms. The summed E-state index contributed by atoms with van der Waals surface area (Å²) in [7, 11) is -2.02. The van der Waals surface area contributed by atoms with Gasteiger partial charge in [-0.25, -0.2) is 0 Å². The molecule has 0 saturated heterocycles. The van der Waals surface area contributed by atoms with Crippen molar-refractivity contribution in [1.29, 1.82) is 0 Å². The van der Waals surface area contributed by atoms with Gasteiger partial charge in [0.05, 0.1) is 17.8 Å². The van der Waals surface area contributed by atoms with Crippen LogP contribution in [0.3, 0.4) is 0 Å². The third-order valence-corrected chi connectivity index (χ3v) is 6.83. The van der Waals surface area contributed by atoms with Gasteiger partial charge in [-0.05, 0) is 18.8 Å². The van der Waals surface area contributed by atoms with Gasteiger partial charge in [-0.3, -0.25) is 9.88 Å². The van der Waals surface area contributed by atoms with E-state index >= 15 is 0 Å². The number of hydrogen-bond donors (Lipinski definition) is 1. The predicted molar refractivity (Wildman–Crippen MR) is 87.9 cm³/mol. The van der Waals surface area contributed by atoms with Crippen LogP contribution in [0.25, 0.3) is 0 Å². The second-order valence-corrected chi connectivity index (χ2v) is 11.5. The number of ether oxygens (including phenoxy) is 2.